The van der Waals surface area contributed by atoms with E-state index in [1.807, 2.05) is 31.2 Å². The van der Waals surface area contributed by atoms with Gasteiger partial charge in [-0.15, -0.1) is 6.42 Å². The van der Waals surface area contributed by atoms with Crippen molar-refractivity contribution in [3.05, 3.63) is 29.8 Å². The molecular formula is C12H15NO. The van der Waals surface area contributed by atoms with Gasteiger partial charge in [-0.3, -0.25) is 0 Å². The second-order valence-corrected chi connectivity index (χ2v) is 3.32. The van der Waals surface area contributed by atoms with E-state index in [4.69, 9.17) is 16.9 Å². The van der Waals surface area contributed by atoms with Crippen molar-refractivity contribution in [2.75, 3.05) is 6.61 Å². The molecule has 2 nitrogen and oxygen atoms in total. The molecule has 1 rings (SSSR count). The van der Waals surface area contributed by atoms with Gasteiger partial charge in [0.2, 0.25) is 0 Å². The minimum Gasteiger partial charge on any atom is -0.481 e. The summed E-state index contributed by atoms with van der Waals surface area (Å²) >= 11 is 0. The summed E-state index contributed by atoms with van der Waals surface area (Å²) in [5, 5.41) is 0. The number of terminal acetylenes is 1. The third-order valence-corrected chi connectivity index (χ3v) is 1.80. The zero-order valence-electron chi connectivity index (χ0n) is 8.36. The van der Waals surface area contributed by atoms with Crippen LogP contribution in [-0.4, -0.2) is 12.6 Å². The highest BCUT2D eigenvalue weighted by atomic mass is 16.5. The van der Waals surface area contributed by atoms with E-state index in [1.165, 1.54) is 5.56 Å². The summed E-state index contributed by atoms with van der Waals surface area (Å²) in [5.74, 6) is 3.22. The van der Waals surface area contributed by atoms with Gasteiger partial charge >= 0.3 is 0 Å². The third-order valence-electron chi connectivity index (χ3n) is 1.80. The molecule has 0 radical (unpaired) electrons. The fourth-order valence-electron chi connectivity index (χ4n) is 1.22. The van der Waals surface area contributed by atoms with Gasteiger partial charge in [0.05, 0.1) is 0 Å². The Labute approximate surface area is 85.1 Å². The lowest BCUT2D eigenvalue weighted by Crippen LogP contribution is -2.17. The molecule has 2 N–H and O–H groups in total. The molecule has 1 unspecified atom stereocenters. The second kappa shape index (κ2) is 5.31. The van der Waals surface area contributed by atoms with E-state index in [1.54, 1.807) is 0 Å². The molecule has 74 valence electrons. The van der Waals surface area contributed by atoms with E-state index in [9.17, 15) is 0 Å². The van der Waals surface area contributed by atoms with Crippen molar-refractivity contribution in [1.82, 2.24) is 0 Å². The lowest BCUT2D eigenvalue weighted by Gasteiger charge is -2.06. The third kappa shape index (κ3) is 3.51. The van der Waals surface area contributed by atoms with Gasteiger partial charge in [0.1, 0.15) is 12.4 Å². The van der Waals surface area contributed by atoms with E-state index < -0.39 is 0 Å². The predicted octanol–water partition coefficient (Wildman–Crippen LogP) is 1.59. The van der Waals surface area contributed by atoms with Crippen molar-refractivity contribution in [3.63, 3.8) is 0 Å². The van der Waals surface area contributed by atoms with Crippen LogP contribution in [-0.2, 0) is 6.42 Å². The Balaban J connectivity index is 2.56. The van der Waals surface area contributed by atoms with Crippen molar-refractivity contribution < 1.29 is 4.74 Å². The second-order valence-electron chi connectivity index (χ2n) is 3.32. The van der Waals surface area contributed by atoms with Gasteiger partial charge in [-0.25, -0.2) is 0 Å². The highest BCUT2D eigenvalue weighted by Gasteiger charge is 1.98. The first-order valence-electron chi connectivity index (χ1n) is 4.63. The van der Waals surface area contributed by atoms with Crippen LogP contribution in [0.15, 0.2) is 24.3 Å². The quantitative estimate of drug-likeness (QED) is 0.730. The van der Waals surface area contributed by atoms with Gasteiger partial charge in [-0.1, -0.05) is 18.1 Å². The summed E-state index contributed by atoms with van der Waals surface area (Å²) < 4.78 is 5.25. The molecule has 0 saturated heterocycles. The van der Waals surface area contributed by atoms with Gasteiger partial charge in [-0.05, 0) is 31.0 Å². The standard InChI is InChI=1S/C12H15NO/c1-3-8-14-12-6-4-11(5-7-12)9-10(2)13/h1,4-7,10H,8-9,13H2,2H3. The molecule has 14 heavy (non-hydrogen) atoms. The maximum atomic E-state index is 5.68. The number of hydrogen-bond acceptors (Lipinski definition) is 2. The molecule has 0 aliphatic heterocycles. The summed E-state index contributed by atoms with van der Waals surface area (Å²) in [6, 6.07) is 8.03. The lowest BCUT2D eigenvalue weighted by atomic mass is 10.1. The zero-order chi connectivity index (χ0) is 10.4. The van der Waals surface area contributed by atoms with Crippen molar-refractivity contribution in [3.8, 4) is 18.1 Å². The van der Waals surface area contributed by atoms with Crippen LogP contribution in [0.2, 0.25) is 0 Å². The lowest BCUT2D eigenvalue weighted by molar-refractivity contribution is 0.370. The first-order chi connectivity index (χ1) is 6.72. The molecule has 0 spiro atoms. The van der Waals surface area contributed by atoms with Gasteiger partial charge in [0.25, 0.3) is 0 Å². The van der Waals surface area contributed by atoms with Crippen molar-refractivity contribution >= 4 is 0 Å². The maximum Gasteiger partial charge on any atom is 0.148 e. The molecule has 1 atom stereocenters. The van der Waals surface area contributed by atoms with Crippen molar-refractivity contribution in [1.29, 1.82) is 0 Å². The van der Waals surface area contributed by atoms with E-state index in [0.29, 0.717) is 6.61 Å². The van der Waals surface area contributed by atoms with Crippen LogP contribution in [0.25, 0.3) is 0 Å². The number of benzene rings is 1. The summed E-state index contributed by atoms with van der Waals surface area (Å²) in [6.45, 7) is 2.30. The monoisotopic (exact) mass is 189 g/mol. The van der Waals surface area contributed by atoms with Crippen LogP contribution < -0.4 is 10.5 Å². The normalized spacial score (nSPS) is 11.8. The SMILES string of the molecule is C#CCOc1ccc(CC(C)N)cc1. The molecule has 0 aliphatic carbocycles. The summed E-state index contributed by atoms with van der Waals surface area (Å²) in [5.41, 5.74) is 6.90. The molecule has 1 aromatic carbocycles. The molecule has 0 fully saturated rings. The van der Waals surface area contributed by atoms with E-state index in [2.05, 4.69) is 5.92 Å². The Kier molecular flexibility index (Phi) is 4.03. The van der Waals surface area contributed by atoms with Crippen LogP contribution in [0, 0.1) is 12.3 Å². The number of hydrogen-bond donors (Lipinski definition) is 1. The molecular weight excluding hydrogens is 174 g/mol. The summed E-state index contributed by atoms with van der Waals surface area (Å²) in [4.78, 5) is 0. The maximum absolute atomic E-state index is 5.68. The highest BCUT2D eigenvalue weighted by molar-refractivity contribution is 5.28. The highest BCUT2D eigenvalue weighted by Crippen LogP contribution is 2.12. The van der Waals surface area contributed by atoms with Crippen LogP contribution in [0.4, 0.5) is 0 Å². The van der Waals surface area contributed by atoms with E-state index in [0.717, 1.165) is 12.2 Å². The fraction of sp³-hybridized carbons (Fsp3) is 0.333. The van der Waals surface area contributed by atoms with Gasteiger partial charge in [0, 0.05) is 6.04 Å². The molecule has 0 saturated carbocycles. The van der Waals surface area contributed by atoms with Crippen LogP contribution >= 0.6 is 0 Å². The van der Waals surface area contributed by atoms with Gasteiger partial charge in [0.15, 0.2) is 0 Å². The predicted molar refractivity (Wildman–Crippen MR) is 58.1 cm³/mol. The topological polar surface area (TPSA) is 35.2 Å². The Morgan fingerprint density at radius 3 is 2.57 bits per heavy atom. The number of ether oxygens (including phenoxy) is 1. The zero-order valence-corrected chi connectivity index (χ0v) is 8.36. The van der Waals surface area contributed by atoms with Crippen molar-refractivity contribution in [2.24, 2.45) is 5.73 Å². The molecule has 0 amide bonds. The Morgan fingerprint density at radius 2 is 2.07 bits per heavy atom. The molecule has 0 heterocycles. The first kappa shape index (κ1) is 10.6. The summed E-state index contributed by atoms with van der Waals surface area (Å²) in [6.07, 6.45) is 5.96. The minimum atomic E-state index is 0.187. The molecule has 2 heteroatoms. The average molecular weight is 189 g/mol. The molecule has 0 aromatic heterocycles. The van der Waals surface area contributed by atoms with Gasteiger partial charge < -0.3 is 10.5 Å². The first-order valence-corrected chi connectivity index (χ1v) is 4.63. The van der Waals surface area contributed by atoms with Crippen LogP contribution in [0.3, 0.4) is 0 Å². The van der Waals surface area contributed by atoms with Gasteiger partial charge in [-0.2, -0.15) is 0 Å². The average Bonchev–Trinajstić information content (AvgIpc) is 2.16. The molecule has 0 bridgehead atoms. The van der Waals surface area contributed by atoms with Crippen LogP contribution in [0.5, 0.6) is 5.75 Å². The minimum absolute atomic E-state index is 0.187. The van der Waals surface area contributed by atoms with Crippen molar-refractivity contribution in [2.45, 2.75) is 19.4 Å². The number of nitrogens with two attached hydrogens (primary N) is 1. The number of rotatable bonds is 4. The molecule has 0 aliphatic rings. The summed E-state index contributed by atoms with van der Waals surface area (Å²) in [7, 11) is 0. The Bertz CT molecular complexity index is 308. The Hall–Kier alpha value is -1.46. The van der Waals surface area contributed by atoms with E-state index >= 15 is 0 Å². The largest absolute Gasteiger partial charge is 0.481 e. The van der Waals surface area contributed by atoms with Crippen LogP contribution in [0.1, 0.15) is 12.5 Å². The smallest absolute Gasteiger partial charge is 0.148 e. The Morgan fingerprint density at radius 1 is 1.43 bits per heavy atom. The van der Waals surface area contributed by atoms with E-state index in [-0.39, 0.29) is 6.04 Å². The fourth-order valence-corrected chi connectivity index (χ4v) is 1.22. The molecule has 1 aromatic rings.